The standard InChI is InChI=1S/C17H18Cl2N2/c18-12-8-9-16(19)15(10-12)17(21-20)14-7-3-5-11-4-1-2-6-13(11)14/h1-2,4,6,8-10,14,17,21H,3,5,7,20H2. The molecule has 0 radical (unpaired) electrons. The third kappa shape index (κ3) is 2.95. The second-order valence-corrected chi connectivity index (χ2v) is 6.35. The van der Waals surface area contributed by atoms with Crippen LogP contribution in [0.15, 0.2) is 42.5 Å². The molecule has 21 heavy (non-hydrogen) atoms. The molecule has 2 unspecified atom stereocenters. The van der Waals surface area contributed by atoms with Crippen LogP contribution in [0.3, 0.4) is 0 Å². The van der Waals surface area contributed by atoms with Crippen molar-refractivity contribution in [2.75, 3.05) is 0 Å². The fourth-order valence-corrected chi connectivity index (χ4v) is 3.73. The maximum atomic E-state index is 6.36. The Labute approximate surface area is 135 Å². The van der Waals surface area contributed by atoms with E-state index in [2.05, 4.69) is 29.7 Å². The van der Waals surface area contributed by atoms with Crippen LogP contribution in [0.2, 0.25) is 10.0 Å². The summed E-state index contributed by atoms with van der Waals surface area (Å²) >= 11 is 12.5. The molecule has 3 N–H and O–H groups in total. The number of halogens is 2. The van der Waals surface area contributed by atoms with Crippen LogP contribution in [0.4, 0.5) is 0 Å². The van der Waals surface area contributed by atoms with Crippen molar-refractivity contribution in [1.29, 1.82) is 0 Å². The normalized spacial score (nSPS) is 19.1. The first-order valence-electron chi connectivity index (χ1n) is 7.19. The van der Waals surface area contributed by atoms with Crippen molar-refractivity contribution in [1.82, 2.24) is 5.43 Å². The van der Waals surface area contributed by atoms with Crippen LogP contribution >= 0.6 is 23.2 Å². The van der Waals surface area contributed by atoms with E-state index < -0.39 is 0 Å². The van der Waals surface area contributed by atoms with E-state index in [4.69, 9.17) is 29.0 Å². The molecule has 0 amide bonds. The minimum atomic E-state index is -0.0300. The molecule has 2 atom stereocenters. The highest BCUT2D eigenvalue weighted by molar-refractivity contribution is 6.33. The Kier molecular flexibility index (Phi) is 4.51. The van der Waals surface area contributed by atoms with Gasteiger partial charge in [0.15, 0.2) is 0 Å². The van der Waals surface area contributed by atoms with Crippen LogP contribution in [-0.4, -0.2) is 0 Å². The van der Waals surface area contributed by atoms with Crippen LogP contribution in [-0.2, 0) is 6.42 Å². The molecule has 1 aliphatic rings. The SMILES string of the molecule is NNC(c1cc(Cl)ccc1Cl)C1CCCc2ccccc21. The summed E-state index contributed by atoms with van der Waals surface area (Å²) in [7, 11) is 0. The van der Waals surface area contributed by atoms with Crippen LogP contribution in [0.5, 0.6) is 0 Å². The largest absolute Gasteiger partial charge is 0.271 e. The number of aryl methyl sites for hydroxylation is 1. The highest BCUT2D eigenvalue weighted by atomic mass is 35.5. The van der Waals surface area contributed by atoms with Gasteiger partial charge >= 0.3 is 0 Å². The molecule has 2 aromatic rings. The summed E-state index contributed by atoms with van der Waals surface area (Å²) in [5, 5.41) is 1.38. The van der Waals surface area contributed by atoms with Gasteiger partial charge in [-0.3, -0.25) is 11.3 Å². The fourth-order valence-electron chi connectivity index (χ4n) is 3.31. The van der Waals surface area contributed by atoms with Crippen LogP contribution in [0, 0.1) is 0 Å². The Hall–Kier alpha value is -1.06. The van der Waals surface area contributed by atoms with E-state index in [0.29, 0.717) is 16.0 Å². The van der Waals surface area contributed by atoms with Gasteiger partial charge in [-0.2, -0.15) is 0 Å². The van der Waals surface area contributed by atoms with Crippen molar-refractivity contribution in [3.05, 3.63) is 69.2 Å². The summed E-state index contributed by atoms with van der Waals surface area (Å²) < 4.78 is 0. The average Bonchev–Trinajstić information content (AvgIpc) is 2.51. The first-order valence-corrected chi connectivity index (χ1v) is 7.95. The Morgan fingerprint density at radius 3 is 2.76 bits per heavy atom. The molecule has 3 rings (SSSR count). The first-order chi connectivity index (χ1) is 10.2. The Bertz CT molecular complexity index is 642. The smallest absolute Gasteiger partial charge is 0.0543 e. The van der Waals surface area contributed by atoms with E-state index in [0.717, 1.165) is 24.8 Å². The van der Waals surface area contributed by atoms with Crippen LogP contribution in [0.1, 0.15) is 41.5 Å². The van der Waals surface area contributed by atoms with Gasteiger partial charge in [0.05, 0.1) is 6.04 Å². The number of hydrogen-bond donors (Lipinski definition) is 2. The second-order valence-electron chi connectivity index (χ2n) is 5.51. The lowest BCUT2D eigenvalue weighted by Crippen LogP contribution is -2.34. The summed E-state index contributed by atoms with van der Waals surface area (Å²) in [6.07, 6.45) is 3.39. The molecule has 110 valence electrons. The molecule has 0 bridgehead atoms. The van der Waals surface area contributed by atoms with Crippen molar-refractivity contribution >= 4 is 23.2 Å². The maximum Gasteiger partial charge on any atom is 0.0543 e. The van der Waals surface area contributed by atoms with Gasteiger partial charge in [-0.25, -0.2) is 0 Å². The van der Waals surface area contributed by atoms with Crippen LogP contribution < -0.4 is 11.3 Å². The Morgan fingerprint density at radius 1 is 1.14 bits per heavy atom. The number of hydrazine groups is 1. The van der Waals surface area contributed by atoms with Crippen molar-refractivity contribution in [2.45, 2.75) is 31.2 Å². The predicted molar refractivity (Wildman–Crippen MR) is 88.6 cm³/mol. The maximum absolute atomic E-state index is 6.36. The van der Waals surface area contributed by atoms with E-state index in [-0.39, 0.29) is 6.04 Å². The zero-order valence-corrected chi connectivity index (χ0v) is 13.2. The first kappa shape index (κ1) is 14.9. The third-order valence-electron chi connectivity index (χ3n) is 4.29. The highest BCUT2D eigenvalue weighted by Gasteiger charge is 2.29. The van der Waals surface area contributed by atoms with E-state index in [9.17, 15) is 0 Å². The summed E-state index contributed by atoms with van der Waals surface area (Å²) in [5.74, 6) is 6.18. The molecule has 4 heteroatoms. The van der Waals surface area contributed by atoms with Gasteiger partial charge < -0.3 is 0 Å². The monoisotopic (exact) mass is 320 g/mol. The number of rotatable bonds is 3. The molecule has 0 spiro atoms. The predicted octanol–water partition coefficient (Wildman–Crippen LogP) is 4.62. The number of hydrogen-bond acceptors (Lipinski definition) is 2. The van der Waals surface area contributed by atoms with Gasteiger partial charge in [-0.05, 0) is 54.2 Å². The Balaban J connectivity index is 2.03. The topological polar surface area (TPSA) is 38.0 Å². The lowest BCUT2D eigenvalue weighted by Gasteiger charge is -2.32. The van der Waals surface area contributed by atoms with Crippen molar-refractivity contribution in [3.8, 4) is 0 Å². The summed E-state index contributed by atoms with van der Waals surface area (Å²) in [5.41, 5.74) is 6.69. The van der Waals surface area contributed by atoms with Gasteiger partial charge in [0.1, 0.15) is 0 Å². The summed E-state index contributed by atoms with van der Waals surface area (Å²) in [6.45, 7) is 0. The quantitative estimate of drug-likeness (QED) is 0.639. The number of benzene rings is 2. The van der Waals surface area contributed by atoms with E-state index >= 15 is 0 Å². The molecule has 2 nitrogen and oxygen atoms in total. The van der Waals surface area contributed by atoms with Crippen molar-refractivity contribution in [3.63, 3.8) is 0 Å². The van der Waals surface area contributed by atoms with Gasteiger partial charge in [-0.15, -0.1) is 0 Å². The van der Waals surface area contributed by atoms with Gasteiger partial charge in [0, 0.05) is 16.0 Å². The zero-order chi connectivity index (χ0) is 14.8. The number of nitrogens with one attached hydrogen (secondary N) is 1. The molecule has 1 aliphatic carbocycles. The zero-order valence-electron chi connectivity index (χ0n) is 11.7. The van der Waals surface area contributed by atoms with Crippen molar-refractivity contribution in [2.24, 2.45) is 5.84 Å². The number of fused-ring (bicyclic) bond motifs is 1. The van der Waals surface area contributed by atoms with E-state index in [1.165, 1.54) is 11.1 Å². The van der Waals surface area contributed by atoms with Gasteiger partial charge in [0.2, 0.25) is 0 Å². The minimum Gasteiger partial charge on any atom is -0.271 e. The lowest BCUT2D eigenvalue weighted by molar-refractivity contribution is 0.408. The molecule has 0 saturated carbocycles. The van der Waals surface area contributed by atoms with Gasteiger partial charge in [-0.1, -0.05) is 47.5 Å². The Morgan fingerprint density at radius 2 is 1.95 bits per heavy atom. The molecule has 0 aromatic heterocycles. The van der Waals surface area contributed by atoms with E-state index in [1.807, 2.05) is 12.1 Å². The van der Waals surface area contributed by atoms with Crippen LogP contribution in [0.25, 0.3) is 0 Å². The third-order valence-corrected chi connectivity index (χ3v) is 4.87. The molecule has 0 fully saturated rings. The lowest BCUT2D eigenvalue weighted by atomic mass is 9.77. The number of nitrogens with two attached hydrogens (primary N) is 1. The van der Waals surface area contributed by atoms with E-state index in [1.54, 1.807) is 6.07 Å². The highest BCUT2D eigenvalue weighted by Crippen LogP contribution is 2.42. The average molecular weight is 321 g/mol. The summed E-state index contributed by atoms with van der Waals surface area (Å²) in [6, 6.07) is 14.1. The van der Waals surface area contributed by atoms with Crippen molar-refractivity contribution < 1.29 is 0 Å². The summed E-state index contributed by atoms with van der Waals surface area (Å²) in [4.78, 5) is 0. The fraction of sp³-hybridized carbons (Fsp3) is 0.294. The molecular formula is C17H18Cl2N2. The molecule has 0 aliphatic heterocycles. The molecule has 0 saturated heterocycles. The van der Waals surface area contributed by atoms with Gasteiger partial charge in [0.25, 0.3) is 0 Å². The second kappa shape index (κ2) is 6.37. The molecule has 2 aromatic carbocycles. The minimum absolute atomic E-state index is 0.0300. The molecular weight excluding hydrogens is 303 g/mol. The molecule has 0 heterocycles.